The van der Waals surface area contributed by atoms with Gasteiger partial charge >= 0.3 is 59.1 Å². The molecule has 1 aliphatic rings. The Hall–Kier alpha value is -4.79. The number of aliphatic imine (C=N–C) groups is 2. The van der Waals surface area contributed by atoms with Crippen molar-refractivity contribution in [1.29, 1.82) is 0 Å². The molecule has 1 aromatic heterocycles. The monoisotopic (exact) mass is 874 g/mol. The third-order valence-electron chi connectivity index (χ3n) is 7.71. The fourth-order valence-electron chi connectivity index (χ4n) is 5.17. The van der Waals surface area contributed by atoms with Crippen LogP contribution in [-0.4, -0.2) is 79.0 Å². The predicted molar refractivity (Wildman–Crippen MR) is 206 cm³/mol. The Kier molecular flexibility index (Phi) is 16.9. The summed E-state index contributed by atoms with van der Waals surface area (Å²) in [6.07, 6.45) is 0. The van der Waals surface area contributed by atoms with Crippen LogP contribution in [0.3, 0.4) is 0 Å². The zero-order valence-electron chi connectivity index (χ0n) is 32.5. The van der Waals surface area contributed by atoms with Crippen LogP contribution in [0.2, 0.25) is 0 Å². The maximum atomic E-state index is 12.2. The van der Waals surface area contributed by atoms with Gasteiger partial charge in [-0.3, -0.25) is 29.1 Å². The van der Waals surface area contributed by atoms with E-state index < -0.39 is 32.0 Å². The number of azo groups is 2. The number of rotatable bonds is 11. The van der Waals surface area contributed by atoms with Gasteiger partial charge in [-0.15, -0.1) is 0 Å². The number of hydrogen-bond acceptors (Lipinski definition) is 17. The van der Waals surface area contributed by atoms with E-state index in [-0.39, 0.29) is 126 Å². The summed E-state index contributed by atoms with van der Waals surface area (Å²) in [4.78, 5) is 29.4. The zero-order chi connectivity index (χ0) is 41.5. The molecule has 5 aromatic rings. The van der Waals surface area contributed by atoms with Gasteiger partial charge in [-0.2, -0.15) is 42.3 Å². The van der Waals surface area contributed by atoms with Crippen LogP contribution >= 0.6 is 0 Å². The third kappa shape index (κ3) is 13.6. The Labute approximate surface area is 386 Å². The average molecular weight is 875 g/mol. The van der Waals surface area contributed by atoms with E-state index in [2.05, 4.69) is 55.4 Å². The minimum atomic E-state index is -4.46. The summed E-state index contributed by atoms with van der Waals surface area (Å²) in [5.41, 5.74) is 1.62. The van der Waals surface area contributed by atoms with Crippen LogP contribution in [0.25, 0.3) is 0 Å². The number of anilines is 1. The summed E-state index contributed by atoms with van der Waals surface area (Å²) in [5.74, 6) is -0.703. The van der Waals surface area contributed by atoms with Crippen LogP contribution in [0, 0.1) is 0 Å². The number of aromatic nitrogens is 3. The molecule has 0 unspecified atom stereocenters. The van der Waals surface area contributed by atoms with E-state index in [0.717, 1.165) is 12.1 Å². The number of nitrogens with zero attached hydrogens (tertiary/aromatic N) is 10. The van der Waals surface area contributed by atoms with Crippen molar-refractivity contribution < 1.29 is 100 Å². The molecule has 0 aliphatic carbocycles. The Morgan fingerprint density at radius 3 is 1.55 bits per heavy atom. The summed E-state index contributed by atoms with van der Waals surface area (Å²) >= 11 is 0. The van der Waals surface area contributed by atoms with Crippen LogP contribution in [0.4, 0.5) is 51.4 Å². The van der Waals surface area contributed by atoms with Crippen LogP contribution < -0.4 is 85.5 Å². The SMILES string of the molecule is CC([O-])=Nc1cc(N=Nc2cccc(S(=O)(=O)O)c2)ccc1N=c1nc(N2CCOCC2)[nH]c(=Nc2ccc(N=Nc3cccc(S(=O)(=O)O)c3)cc2N=C(C)[O-])[nH]1.[Na+].[Na+]. The van der Waals surface area contributed by atoms with E-state index in [1.807, 2.05) is 4.90 Å². The smallest absolute Gasteiger partial charge is 0.862 e. The van der Waals surface area contributed by atoms with Crippen LogP contribution in [0.15, 0.2) is 135 Å². The first kappa shape index (κ1) is 47.9. The second-order valence-electron chi connectivity index (χ2n) is 12.1. The molecule has 0 amide bonds. The van der Waals surface area contributed by atoms with E-state index in [0.29, 0.717) is 32.3 Å². The van der Waals surface area contributed by atoms with Gasteiger partial charge in [-0.05, 0) is 98.4 Å². The minimum Gasteiger partial charge on any atom is -0.862 e. The Bertz CT molecular complexity index is 2670. The second-order valence-corrected chi connectivity index (χ2v) is 15.0. The minimum absolute atomic E-state index is 0. The molecule has 1 fully saturated rings. The molecule has 0 atom stereocenters. The van der Waals surface area contributed by atoms with Crippen molar-refractivity contribution in [1.82, 2.24) is 15.0 Å². The van der Waals surface area contributed by atoms with Gasteiger partial charge in [0.05, 0.1) is 68.5 Å². The molecule has 0 spiro atoms. The molecular formula is C35H32N12Na2O9S2. The number of aromatic amines is 2. The first-order chi connectivity index (χ1) is 27.6. The van der Waals surface area contributed by atoms with Gasteiger partial charge in [0, 0.05) is 13.1 Å². The van der Waals surface area contributed by atoms with E-state index in [1.54, 1.807) is 6.07 Å². The second kappa shape index (κ2) is 21.1. The van der Waals surface area contributed by atoms with Crippen LogP contribution in [0.5, 0.6) is 0 Å². The van der Waals surface area contributed by atoms with Crippen molar-refractivity contribution in [2.75, 3.05) is 31.2 Å². The standard InChI is InChI=1S/C35H34N12O9S2.2Na/c1-21(48)36-31-19-25(45-43-23-5-3-7-27(17-23)57(50,51)52)9-11-29(31)38-33-40-34(42-35(41-33)47-13-15-56-16-14-47)39-30-12-10-26(20-32(30)37-22(2)49)46-44-24-6-4-8-28(18-24)58(53,54)55;;/h3-12,17-20H,13-16H2,1-2H3,(H,36,48)(H,37,49)(H,50,51,52)(H,53,54,55)(H2,38,39,40,41,42);;/q;2*+1/p-2. The number of nitrogens with one attached hydrogen (secondary N) is 2. The molecule has 1 aliphatic heterocycles. The third-order valence-corrected chi connectivity index (χ3v) is 9.41. The number of benzene rings is 4. The summed E-state index contributed by atoms with van der Waals surface area (Å²) in [5, 5.41) is 40.7. The fraction of sp³-hybridized carbons (Fsp3) is 0.171. The van der Waals surface area contributed by atoms with E-state index >= 15 is 0 Å². The summed E-state index contributed by atoms with van der Waals surface area (Å²) in [7, 11) is -8.92. The maximum Gasteiger partial charge on any atom is 1.00 e. The van der Waals surface area contributed by atoms with Gasteiger partial charge in [-0.25, -0.2) is 9.98 Å². The van der Waals surface area contributed by atoms with E-state index in [9.17, 15) is 36.2 Å². The van der Waals surface area contributed by atoms with Gasteiger partial charge in [0.1, 0.15) is 0 Å². The van der Waals surface area contributed by atoms with Gasteiger partial charge in [0.25, 0.3) is 20.2 Å². The van der Waals surface area contributed by atoms with Gasteiger partial charge < -0.3 is 19.8 Å². The molecule has 4 aromatic carbocycles. The molecule has 0 radical (unpaired) electrons. The normalized spacial score (nSPS) is 14.7. The first-order valence-corrected chi connectivity index (χ1v) is 19.8. The quantitative estimate of drug-likeness (QED) is 0.0377. The molecule has 6 rings (SSSR count). The Morgan fingerprint density at radius 2 is 1.10 bits per heavy atom. The number of ether oxygens (including phenoxy) is 1. The number of H-pyrrole nitrogens is 2. The Balaban J connectivity index is 0.00000397. The van der Waals surface area contributed by atoms with Gasteiger partial charge in [0.2, 0.25) is 17.2 Å². The van der Waals surface area contributed by atoms with Gasteiger partial charge in [0.15, 0.2) is 0 Å². The molecule has 300 valence electrons. The molecule has 60 heavy (non-hydrogen) atoms. The summed E-state index contributed by atoms with van der Waals surface area (Å²) in [6.45, 7) is 4.36. The van der Waals surface area contributed by atoms with Crippen molar-refractivity contribution in [3.63, 3.8) is 0 Å². The molecule has 1 saturated heterocycles. The van der Waals surface area contributed by atoms with Crippen LogP contribution in [-0.2, 0) is 25.0 Å². The predicted octanol–water partition coefficient (Wildman–Crippen LogP) is -1.81. The summed E-state index contributed by atoms with van der Waals surface area (Å²) in [6, 6.07) is 19.5. The zero-order valence-corrected chi connectivity index (χ0v) is 38.1. The van der Waals surface area contributed by atoms with Gasteiger partial charge in [-0.1, -0.05) is 12.1 Å². The first-order valence-electron chi connectivity index (χ1n) is 16.9. The molecule has 0 bridgehead atoms. The van der Waals surface area contributed by atoms with Crippen molar-refractivity contribution in [2.45, 2.75) is 23.6 Å². The number of morpholine rings is 1. The fourth-order valence-corrected chi connectivity index (χ4v) is 6.21. The average Bonchev–Trinajstić information content (AvgIpc) is 3.17. The van der Waals surface area contributed by atoms with Crippen molar-refractivity contribution >= 4 is 83.5 Å². The molecule has 21 nitrogen and oxygen atoms in total. The Morgan fingerprint density at radius 1 is 0.650 bits per heavy atom. The van der Waals surface area contributed by atoms with E-state index in [4.69, 9.17) is 4.74 Å². The summed E-state index contributed by atoms with van der Waals surface area (Å²) < 4.78 is 70.4. The van der Waals surface area contributed by atoms with Crippen molar-refractivity contribution in [2.24, 2.45) is 40.4 Å². The largest absolute Gasteiger partial charge is 1.00 e. The topological polar surface area (TPSA) is 311 Å². The molecular weight excluding hydrogens is 843 g/mol. The molecule has 25 heteroatoms. The number of hydrogen-bond donors (Lipinski definition) is 4. The van der Waals surface area contributed by atoms with Crippen LogP contribution in [0.1, 0.15) is 13.8 Å². The molecule has 0 saturated carbocycles. The van der Waals surface area contributed by atoms with E-state index in [1.165, 1.54) is 80.6 Å². The maximum absolute atomic E-state index is 12.2. The van der Waals surface area contributed by atoms with Crippen molar-refractivity contribution in [3.05, 3.63) is 96.2 Å². The molecule has 4 N–H and O–H groups in total. The van der Waals surface area contributed by atoms with Crippen molar-refractivity contribution in [3.8, 4) is 0 Å². The molecule has 2 heterocycles.